The zero-order valence-corrected chi connectivity index (χ0v) is 19.1. The predicted molar refractivity (Wildman–Crippen MR) is 130 cm³/mol. The summed E-state index contributed by atoms with van der Waals surface area (Å²) in [4.78, 5) is 24.5. The lowest BCUT2D eigenvalue weighted by Gasteiger charge is -2.16. The summed E-state index contributed by atoms with van der Waals surface area (Å²) in [7, 11) is 3.04. The van der Waals surface area contributed by atoms with E-state index in [4.69, 9.17) is 20.6 Å². The van der Waals surface area contributed by atoms with Crippen molar-refractivity contribution in [1.82, 2.24) is 5.32 Å². The van der Waals surface area contributed by atoms with Gasteiger partial charge in [-0.25, -0.2) is 4.79 Å². The molecule has 0 aliphatic heterocycles. The third-order valence-corrected chi connectivity index (χ3v) is 5.30. The minimum Gasteiger partial charge on any atom is -0.496 e. The number of hydrogen-bond donors (Lipinski definition) is 5. The van der Waals surface area contributed by atoms with Crippen LogP contribution in [0.1, 0.15) is 37.4 Å². The number of methoxy groups -OCH3 is 2. The molecule has 3 aromatic rings. The number of nitrogen functional groups attached to an aromatic ring is 1. The van der Waals surface area contributed by atoms with Crippen LogP contribution in [0.5, 0.6) is 11.5 Å². The predicted octanol–water partition coefficient (Wildman–Crippen LogP) is 3.67. The number of rotatable bonds is 9. The Morgan fingerprint density at radius 2 is 1.62 bits per heavy atom. The Hall–Kier alpha value is -4.53. The van der Waals surface area contributed by atoms with Gasteiger partial charge in [0.15, 0.2) is 0 Å². The van der Waals surface area contributed by atoms with E-state index in [1.54, 1.807) is 48.5 Å². The van der Waals surface area contributed by atoms with Crippen molar-refractivity contribution in [3.8, 4) is 11.5 Å². The topological polar surface area (TPSA) is 147 Å². The number of para-hydroxylation sites is 1. The fraction of sp³-hybridized carbons (Fsp3) is 0.160. The number of nitrogens with one attached hydrogen (secondary N) is 3. The van der Waals surface area contributed by atoms with Gasteiger partial charge in [0.25, 0.3) is 5.91 Å². The first-order chi connectivity index (χ1) is 16.2. The summed E-state index contributed by atoms with van der Waals surface area (Å²) in [5.74, 6) is -0.498. The van der Waals surface area contributed by atoms with E-state index in [1.807, 2.05) is 6.92 Å². The molecule has 34 heavy (non-hydrogen) atoms. The lowest BCUT2D eigenvalue weighted by molar-refractivity contribution is 0.0697. The van der Waals surface area contributed by atoms with Crippen molar-refractivity contribution >= 4 is 29.1 Å². The molecule has 9 heteroatoms. The Kier molecular flexibility index (Phi) is 7.37. The Morgan fingerprint density at radius 1 is 0.971 bits per heavy atom. The van der Waals surface area contributed by atoms with Crippen LogP contribution in [-0.2, 0) is 6.54 Å². The zero-order chi connectivity index (χ0) is 24.8. The molecule has 0 fully saturated rings. The summed E-state index contributed by atoms with van der Waals surface area (Å²) >= 11 is 0. The first kappa shape index (κ1) is 24.1. The maximum atomic E-state index is 12.9. The highest BCUT2D eigenvalue weighted by atomic mass is 16.5. The number of nitrogens with two attached hydrogens (primary N) is 1. The fourth-order valence-electron chi connectivity index (χ4n) is 3.43. The van der Waals surface area contributed by atoms with Gasteiger partial charge in [0.1, 0.15) is 17.3 Å². The zero-order valence-electron chi connectivity index (χ0n) is 19.1. The molecular formula is C25H26N4O5. The molecule has 0 spiro atoms. The van der Waals surface area contributed by atoms with Crippen molar-refractivity contribution in [3.63, 3.8) is 0 Å². The molecular weight excluding hydrogens is 436 g/mol. The van der Waals surface area contributed by atoms with E-state index in [-0.39, 0.29) is 23.9 Å². The number of amides is 1. The Morgan fingerprint density at radius 3 is 2.21 bits per heavy atom. The number of aromatic carboxylic acids is 1. The van der Waals surface area contributed by atoms with E-state index < -0.39 is 5.97 Å². The number of amidine groups is 1. The molecule has 0 atom stereocenters. The van der Waals surface area contributed by atoms with Crippen LogP contribution in [0, 0.1) is 12.3 Å². The van der Waals surface area contributed by atoms with Gasteiger partial charge in [0.05, 0.1) is 25.5 Å². The van der Waals surface area contributed by atoms with Gasteiger partial charge in [-0.15, -0.1) is 0 Å². The van der Waals surface area contributed by atoms with Crippen molar-refractivity contribution < 1.29 is 24.2 Å². The summed E-state index contributed by atoms with van der Waals surface area (Å²) in [6.07, 6.45) is 0. The Balaban J connectivity index is 1.90. The molecule has 3 rings (SSSR count). The Bertz CT molecular complexity index is 1230. The molecule has 1 amide bonds. The van der Waals surface area contributed by atoms with Gasteiger partial charge in [-0.3, -0.25) is 10.2 Å². The maximum Gasteiger partial charge on any atom is 0.337 e. The minimum absolute atomic E-state index is 0.0876. The molecule has 0 aromatic heterocycles. The average Bonchev–Trinajstić information content (AvgIpc) is 2.83. The lowest BCUT2D eigenvalue weighted by Crippen LogP contribution is -2.23. The number of anilines is 2. The van der Waals surface area contributed by atoms with Crippen LogP contribution in [0.25, 0.3) is 0 Å². The van der Waals surface area contributed by atoms with Gasteiger partial charge < -0.3 is 30.9 Å². The first-order valence-corrected chi connectivity index (χ1v) is 10.3. The summed E-state index contributed by atoms with van der Waals surface area (Å²) in [5, 5.41) is 23.2. The van der Waals surface area contributed by atoms with Gasteiger partial charge in [0, 0.05) is 28.9 Å². The van der Waals surface area contributed by atoms with Gasteiger partial charge in [-0.2, -0.15) is 0 Å². The van der Waals surface area contributed by atoms with Gasteiger partial charge in [-0.05, 0) is 42.8 Å². The Labute approximate surface area is 197 Å². The number of carbonyl (C=O) groups is 2. The summed E-state index contributed by atoms with van der Waals surface area (Å²) in [6.45, 7) is 1.97. The highest BCUT2D eigenvalue weighted by molar-refractivity contribution is 5.98. The van der Waals surface area contributed by atoms with Crippen LogP contribution in [0.4, 0.5) is 11.4 Å². The van der Waals surface area contributed by atoms with Crippen molar-refractivity contribution in [2.24, 2.45) is 5.73 Å². The van der Waals surface area contributed by atoms with Crippen molar-refractivity contribution in [1.29, 1.82) is 5.41 Å². The van der Waals surface area contributed by atoms with Gasteiger partial charge in [-0.1, -0.05) is 24.3 Å². The fourth-order valence-corrected chi connectivity index (χ4v) is 3.43. The van der Waals surface area contributed by atoms with E-state index in [9.17, 15) is 14.7 Å². The highest BCUT2D eigenvalue weighted by Gasteiger charge is 2.16. The second-order valence-corrected chi connectivity index (χ2v) is 7.45. The van der Waals surface area contributed by atoms with Crippen LogP contribution in [0.15, 0.2) is 54.6 Å². The highest BCUT2D eigenvalue weighted by Crippen LogP contribution is 2.30. The molecule has 176 valence electrons. The quantitative estimate of drug-likeness (QED) is 0.241. The molecule has 3 aromatic carbocycles. The molecule has 0 saturated heterocycles. The second kappa shape index (κ2) is 10.4. The molecule has 0 bridgehead atoms. The van der Waals surface area contributed by atoms with Crippen LogP contribution < -0.4 is 25.8 Å². The molecule has 6 N–H and O–H groups in total. The molecule has 0 unspecified atom stereocenters. The average molecular weight is 463 g/mol. The smallest absolute Gasteiger partial charge is 0.337 e. The summed E-state index contributed by atoms with van der Waals surface area (Å²) < 4.78 is 10.7. The largest absolute Gasteiger partial charge is 0.496 e. The molecule has 0 saturated carbocycles. The third-order valence-electron chi connectivity index (χ3n) is 5.30. The van der Waals surface area contributed by atoms with E-state index in [0.29, 0.717) is 39.6 Å². The van der Waals surface area contributed by atoms with Crippen LogP contribution in [0.2, 0.25) is 0 Å². The van der Waals surface area contributed by atoms with Gasteiger partial charge in [0.2, 0.25) is 0 Å². The molecule has 9 nitrogen and oxygen atoms in total. The molecule has 0 heterocycles. The summed E-state index contributed by atoms with van der Waals surface area (Å²) in [5.41, 5.74) is 8.89. The van der Waals surface area contributed by atoms with E-state index in [1.165, 1.54) is 20.3 Å². The number of carboxylic acid groups (broad SMARTS) is 1. The van der Waals surface area contributed by atoms with Crippen molar-refractivity contribution in [3.05, 3.63) is 82.4 Å². The number of carboxylic acids is 1. The van der Waals surface area contributed by atoms with E-state index in [2.05, 4.69) is 10.6 Å². The van der Waals surface area contributed by atoms with E-state index in [0.717, 1.165) is 5.56 Å². The number of ether oxygens (including phenoxy) is 2. The molecule has 0 aliphatic rings. The maximum absolute atomic E-state index is 12.9. The van der Waals surface area contributed by atoms with Crippen LogP contribution in [-0.4, -0.2) is 37.0 Å². The van der Waals surface area contributed by atoms with Crippen molar-refractivity contribution in [2.75, 3.05) is 19.5 Å². The monoisotopic (exact) mass is 462 g/mol. The minimum atomic E-state index is -1.08. The van der Waals surface area contributed by atoms with Gasteiger partial charge >= 0.3 is 5.97 Å². The molecule has 0 aliphatic carbocycles. The second-order valence-electron chi connectivity index (χ2n) is 7.45. The van der Waals surface area contributed by atoms with Crippen LogP contribution >= 0.6 is 0 Å². The number of benzene rings is 3. The normalized spacial score (nSPS) is 10.3. The molecule has 0 radical (unpaired) electrons. The number of hydrogen-bond acceptors (Lipinski definition) is 6. The van der Waals surface area contributed by atoms with Crippen LogP contribution in [0.3, 0.4) is 0 Å². The van der Waals surface area contributed by atoms with Crippen molar-refractivity contribution in [2.45, 2.75) is 13.5 Å². The SMILES string of the molecule is COc1cc(C(=O)NCc2ccc(C(=N)N)cc2Nc2ccccc2C(=O)O)cc(OC)c1C. The summed E-state index contributed by atoms with van der Waals surface area (Å²) in [6, 6.07) is 14.8. The number of carbonyl (C=O) groups excluding carboxylic acids is 1. The lowest BCUT2D eigenvalue weighted by atomic mass is 10.1. The first-order valence-electron chi connectivity index (χ1n) is 10.3. The van der Waals surface area contributed by atoms with E-state index >= 15 is 0 Å². The third kappa shape index (κ3) is 5.26. The standard InChI is InChI=1S/C25H26N4O5/c1-14-21(33-2)11-17(12-22(14)34-3)24(30)28-13-16-9-8-15(23(26)27)10-20(16)29-19-7-5-4-6-18(19)25(31)32/h4-12,29H,13H2,1-3H3,(H3,26,27)(H,28,30)(H,31,32).